The third-order valence-corrected chi connectivity index (χ3v) is 4.16. The molecule has 2 heterocycles. The lowest BCUT2D eigenvalue weighted by Crippen LogP contribution is -2.46. The second-order valence-electron chi connectivity index (χ2n) is 5.91. The molecule has 2 amide bonds. The van der Waals surface area contributed by atoms with E-state index in [9.17, 15) is 9.59 Å². The first-order valence-corrected chi connectivity index (χ1v) is 8.31. The van der Waals surface area contributed by atoms with Crippen LogP contribution in [0.4, 0.5) is 0 Å². The molecule has 3 rings (SSSR count). The number of benzene rings is 1. The Labute approximate surface area is 146 Å². The standard InChI is InChI=1S/C19H20N4O2/c24-18(7-6-15-4-2-1-3-5-15)23-12-8-16(9-13-23)22-19(25)17-14-20-10-11-21-17/h1-7,10-11,14,16H,8-9,12-13H2,(H,22,25)/b7-6+. The molecule has 128 valence electrons. The second-order valence-corrected chi connectivity index (χ2v) is 5.91. The van der Waals surface area contributed by atoms with E-state index in [0.717, 1.165) is 18.4 Å². The molecule has 6 nitrogen and oxygen atoms in total. The zero-order valence-electron chi connectivity index (χ0n) is 13.8. The van der Waals surface area contributed by atoms with Crippen LogP contribution in [0.25, 0.3) is 6.08 Å². The Morgan fingerprint density at radius 3 is 2.56 bits per heavy atom. The SMILES string of the molecule is O=C(NC1CCN(C(=O)/C=C/c2ccccc2)CC1)c1cnccn1. The molecule has 1 aromatic heterocycles. The highest BCUT2D eigenvalue weighted by atomic mass is 16.2. The molecule has 0 bridgehead atoms. The second kappa shape index (κ2) is 8.19. The number of likely N-dealkylation sites (tertiary alicyclic amines) is 1. The van der Waals surface area contributed by atoms with Gasteiger partial charge in [0.1, 0.15) is 5.69 Å². The normalized spacial score (nSPS) is 15.3. The van der Waals surface area contributed by atoms with Crippen LogP contribution in [-0.2, 0) is 4.79 Å². The van der Waals surface area contributed by atoms with E-state index >= 15 is 0 Å². The van der Waals surface area contributed by atoms with Gasteiger partial charge in [0.05, 0.1) is 6.20 Å². The number of aromatic nitrogens is 2. The van der Waals surface area contributed by atoms with E-state index in [1.54, 1.807) is 6.08 Å². The fraction of sp³-hybridized carbons (Fsp3) is 0.263. The predicted octanol–water partition coefficient (Wildman–Crippen LogP) is 1.91. The number of carbonyl (C=O) groups excluding carboxylic acids is 2. The molecule has 1 saturated heterocycles. The van der Waals surface area contributed by atoms with Gasteiger partial charge in [0, 0.05) is 37.6 Å². The number of nitrogens with one attached hydrogen (secondary N) is 1. The van der Waals surface area contributed by atoms with Crippen molar-refractivity contribution in [2.75, 3.05) is 13.1 Å². The molecule has 0 unspecified atom stereocenters. The summed E-state index contributed by atoms with van der Waals surface area (Å²) in [7, 11) is 0. The maximum atomic E-state index is 12.3. The monoisotopic (exact) mass is 336 g/mol. The summed E-state index contributed by atoms with van der Waals surface area (Å²) < 4.78 is 0. The highest BCUT2D eigenvalue weighted by Gasteiger charge is 2.23. The van der Waals surface area contributed by atoms with Gasteiger partial charge in [-0.2, -0.15) is 0 Å². The quantitative estimate of drug-likeness (QED) is 0.866. The molecule has 1 aromatic carbocycles. The topological polar surface area (TPSA) is 75.2 Å². The molecule has 2 aromatic rings. The molecular weight excluding hydrogens is 316 g/mol. The molecule has 1 N–H and O–H groups in total. The van der Waals surface area contributed by atoms with Crippen LogP contribution in [0.3, 0.4) is 0 Å². The highest BCUT2D eigenvalue weighted by molar-refractivity contribution is 5.92. The fourth-order valence-corrected chi connectivity index (χ4v) is 2.76. The number of nitrogens with zero attached hydrogens (tertiary/aromatic N) is 3. The number of hydrogen-bond acceptors (Lipinski definition) is 4. The number of rotatable bonds is 4. The molecule has 1 aliphatic heterocycles. The Bertz CT molecular complexity index is 739. The van der Waals surface area contributed by atoms with Crippen molar-refractivity contribution >= 4 is 17.9 Å². The summed E-state index contributed by atoms with van der Waals surface area (Å²) in [4.78, 5) is 34.0. The lowest BCUT2D eigenvalue weighted by atomic mass is 10.0. The van der Waals surface area contributed by atoms with Gasteiger partial charge in [-0.1, -0.05) is 30.3 Å². The average Bonchev–Trinajstić information content (AvgIpc) is 2.68. The van der Waals surface area contributed by atoms with Crippen LogP contribution in [0.1, 0.15) is 28.9 Å². The van der Waals surface area contributed by atoms with E-state index in [-0.39, 0.29) is 17.9 Å². The molecule has 1 aliphatic rings. The van der Waals surface area contributed by atoms with Gasteiger partial charge in [0.15, 0.2) is 0 Å². The molecule has 0 aliphatic carbocycles. The van der Waals surface area contributed by atoms with Gasteiger partial charge in [0.2, 0.25) is 5.91 Å². The van der Waals surface area contributed by atoms with Crippen molar-refractivity contribution in [3.05, 3.63) is 66.3 Å². The average molecular weight is 336 g/mol. The van der Waals surface area contributed by atoms with Gasteiger partial charge < -0.3 is 10.2 Å². The third kappa shape index (κ3) is 4.73. The van der Waals surface area contributed by atoms with Crippen LogP contribution in [-0.4, -0.2) is 45.8 Å². The summed E-state index contributed by atoms with van der Waals surface area (Å²) in [6.07, 6.45) is 9.37. The summed E-state index contributed by atoms with van der Waals surface area (Å²) in [5.74, 6) is -0.218. The Kier molecular flexibility index (Phi) is 5.51. The lowest BCUT2D eigenvalue weighted by Gasteiger charge is -2.31. The van der Waals surface area contributed by atoms with Crippen LogP contribution in [0, 0.1) is 0 Å². The van der Waals surface area contributed by atoms with Crippen LogP contribution in [0.5, 0.6) is 0 Å². The molecule has 0 saturated carbocycles. The Morgan fingerprint density at radius 2 is 1.88 bits per heavy atom. The number of hydrogen-bond donors (Lipinski definition) is 1. The first-order valence-electron chi connectivity index (χ1n) is 8.31. The number of amides is 2. The fourth-order valence-electron chi connectivity index (χ4n) is 2.76. The van der Waals surface area contributed by atoms with Crippen LogP contribution in [0.2, 0.25) is 0 Å². The zero-order chi connectivity index (χ0) is 17.5. The van der Waals surface area contributed by atoms with Gasteiger partial charge in [-0.25, -0.2) is 4.98 Å². The maximum Gasteiger partial charge on any atom is 0.271 e. The van der Waals surface area contributed by atoms with E-state index in [1.165, 1.54) is 18.6 Å². The van der Waals surface area contributed by atoms with Crippen molar-refractivity contribution in [2.24, 2.45) is 0 Å². The summed E-state index contributed by atoms with van der Waals surface area (Å²) in [6.45, 7) is 1.26. The largest absolute Gasteiger partial charge is 0.348 e. The minimum Gasteiger partial charge on any atom is -0.348 e. The summed E-state index contributed by atoms with van der Waals surface area (Å²) in [6, 6.07) is 9.79. The van der Waals surface area contributed by atoms with Crippen molar-refractivity contribution in [2.45, 2.75) is 18.9 Å². The molecule has 0 radical (unpaired) electrons. The van der Waals surface area contributed by atoms with Crippen molar-refractivity contribution < 1.29 is 9.59 Å². The van der Waals surface area contributed by atoms with Gasteiger partial charge in [-0.3, -0.25) is 14.6 Å². The smallest absolute Gasteiger partial charge is 0.271 e. The Hall–Kier alpha value is -3.02. The van der Waals surface area contributed by atoms with E-state index in [2.05, 4.69) is 15.3 Å². The minimum absolute atomic E-state index is 0.00237. The Morgan fingerprint density at radius 1 is 1.12 bits per heavy atom. The van der Waals surface area contributed by atoms with E-state index in [4.69, 9.17) is 0 Å². The van der Waals surface area contributed by atoms with Crippen molar-refractivity contribution in [3.8, 4) is 0 Å². The van der Waals surface area contributed by atoms with Gasteiger partial charge >= 0.3 is 0 Å². The van der Waals surface area contributed by atoms with Crippen LogP contribution in [0.15, 0.2) is 55.0 Å². The predicted molar refractivity (Wildman–Crippen MR) is 94.6 cm³/mol. The molecule has 6 heteroatoms. The number of carbonyl (C=O) groups is 2. The van der Waals surface area contributed by atoms with Crippen LogP contribution >= 0.6 is 0 Å². The minimum atomic E-state index is -0.221. The van der Waals surface area contributed by atoms with Gasteiger partial charge in [-0.15, -0.1) is 0 Å². The van der Waals surface area contributed by atoms with Crippen molar-refractivity contribution in [1.82, 2.24) is 20.2 Å². The highest BCUT2D eigenvalue weighted by Crippen LogP contribution is 2.12. The van der Waals surface area contributed by atoms with Crippen molar-refractivity contribution in [1.29, 1.82) is 0 Å². The first kappa shape index (κ1) is 16.8. The summed E-state index contributed by atoms with van der Waals surface area (Å²) in [5, 5.41) is 2.96. The van der Waals surface area contributed by atoms with Gasteiger partial charge in [-0.05, 0) is 24.5 Å². The number of piperidine rings is 1. The van der Waals surface area contributed by atoms with E-state index in [1.807, 2.05) is 41.3 Å². The molecular formula is C19H20N4O2. The van der Waals surface area contributed by atoms with Gasteiger partial charge in [0.25, 0.3) is 5.91 Å². The lowest BCUT2D eigenvalue weighted by molar-refractivity contribution is -0.126. The third-order valence-electron chi connectivity index (χ3n) is 4.16. The molecule has 0 atom stereocenters. The van der Waals surface area contributed by atoms with Crippen molar-refractivity contribution in [3.63, 3.8) is 0 Å². The maximum absolute atomic E-state index is 12.3. The zero-order valence-corrected chi connectivity index (χ0v) is 13.8. The molecule has 1 fully saturated rings. The van der Waals surface area contributed by atoms with E-state index in [0.29, 0.717) is 18.8 Å². The van der Waals surface area contributed by atoms with Crippen LogP contribution < -0.4 is 5.32 Å². The first-order chi connectivity index (χ1) is 12.2. The molecule has 0 spiro atoms. The molecule has 25 heavy (non-hydrogen) atoms. The Balaban J connectivity index is 1.47. The summed E-state index contributed by atoms with van der Waals surface area (Å²) >= 11 is 0. The summed E-state index contributed by atoms with van der Waals surface area (Å²) in [5.41, 5.74) is 1.31. The van der Waals surface area contributed by atoms with E-state index < -0.39 is 0 Å².